The Kier molecular flexibility index (Phi) is 13.6. The number of rotatable bonds is 17. The summed E-state index contributed by atoms with van der Waals surface area (Å²) in [5, 5.41) is 18.3. The minimum absolute atomic E-state index is 0.252. The van der Waals surface area contributed by atoms with Crippen molar-refractivity contribution in [1.29, 1.82) is 0 Å². The van der Waals surface area contributed by atoms with Gasteiger partial charge in [-0.3, -0.25) is 0 Å². The average Bonchev–Trinajstić information content (AvgIpc) is 3.12. The Balaban J connectivity index is 1.25. The Morgan fingerprint density at radius 3 is 1.66 bits per heavy atom. The zero-order chi connectivity index (χ0) is 36.0. The van der Waals surface area contributed by atoms with Crippen molar-refractivity contribution in [2.75, 3.05) is 26.4 Å². The molecule has 0 amide bonds. The Hall–Kier alpha value is -5.59. The fourth-order valence-electron chi connectivity index (χ4n) is 4.65. The first-order chi connectivity index (χ1) is 24.0. The normalized spacial score (nSPS) is 10.5. The van der Waals surface area contributed by atoms with Gasteiger partial charge in [-0.05, 0) is 122 Å². The fourth-order valence-corrected chi connectivity index (χ4v) is 4.65. The van der Waals surface area contributed by atoms with Gasteiger partial charge in [0.05, 0.1) is 24.3 Å². The van der Waals surface area contributed by atoms with Crippen molar-refractivity contribution in [2.24, 2.45) is 0 Å². The minimum atomic E-state index is -1.53. The lowest BCUT2D eigenvalue weighted by atomic mass is 9.80. The number of ether oxygens (including phenoxy) is 6. The van der Waals surface area contributed by atoms with Crippen molar-refractivity contribution in [3.8, 4) is 28.7 Å². The molecule has 0 bridgehead atoms. The summed E-state index contributed by atoms with van der Waals surface area (Å²) in [6.07, 6.45) is 2.46. The Bertz CT molecular complexity index is 1770. The van der Waals surface area contributed by atoms with Crippen molar-refractivity contribution < 1.29 is 52.9 Å². The van der Waals surface area contributed by atoms with E-state index in [1.807, 2.05) is 0 Å². The molecule has 4 rings (SSSR count). The van der Waals surface area contributed by atoms with Gasteiger partial charge in [0.25, 0.3) is 0 Å². The second-order valence-corrected chi connectivity index (χ2v) is 11.2. The quantitative estimate of drug-likeness (QED) is 0.0506. The van der Waals surface area contributed by atoms with Crippen LogP contribution >= 0.6 is 0 Å². The van der Waals surface area contributed by atoms with E-state index in [2.05, 4.69) is 6.58 Å². The number of esters is 3. The topological polar surface area (TPSA) is 147 Å². The second-order valence-electron chi connectivity index (χ2n) is 11.2. The molecular weight excluding hydrogens is 643 g/mol. The number of hydrogen-bond donors (Lipinski definition) is 2. The van der Waals surface area contributed by atoms with E-state index in [1.165, 1.54) is 0 Å². The second kappa shape index (κ2) is 18.3. The van der Waals surface area contributed by atoms with Crippen LogP contribution < -0.4 is 29.1 Å². The van der Waals surface area contributed by atoms with Crippen LogP contribution in [0.25, 0.3) is 0 Å². The lowest BCUT2D eigenvalue weighted by Gasteiger charge is -2.16. The van der Waals surface area contributed by atoms with Gasteiger partial charge in [0.15, 0.2) is 0 Å². The molecule has 0 aliphatic heterocycles. The maximum absolute atomic E-state index is 13.0. The highest BCUT2D eigenvalue weighted by Crippen LogP contribution is 2.34. The van der Waals surface area contributed by atoms with Crippen molar-refractivity contribution >= 4 is 30.5 Å². The van der Waals surface area contributed by atoms with Crippen LogP contribution in [0.1, 0.15) is 50.2 Å². The first-order valence-corrected chi connectivity index (χ1v) is 15.9. The van der Waals surface area contributed by atoms with Gasteiger partial charge in [-0.1, -0.05) is 18.7 Å². The van der Waals surface area contributed by atoms with Crippen LogP contribution in [-0.4, -0.2) is 61.5 Å². The lowest BCUT2D eigenvalue weighted by Crippen LogP contribution is -2.29. The van der Waals surface area contributed by atoms with E-state index < -0.39 is 25.0 Å². The molecule has 11 nitrogen and oxygen atoms in total. The summed E-state index contributed by atoms with van der Waals surface area (Å²) >= 11 is 0. The molecule has 0 saturated carbocycles. The van der Waals surface area contributed by atoms with Crippen LogP contribution in [0, 0.1) is 20.8 Å². The summed E-state index contributed by atoms with van der Waals surface area (Å²) in [4.78, 5) is 37.0. The number of benzene rings is 4. The summed E-state index contributed by atoms with van der Waals surface area (Å²) in [6.45, 7) is 9.93. The van der Waals surface area contributed by atoms with Gasteiger partial charge in [-0.25, -0.2) is 14.4 Å². The molecule has 0 aliphatic rings. The monoisotopic (exact) mass is 682 g/mol. The SMILES string of the molecule is C=CC(=O)OCCCCOc1ccc(C(=O)Oc2cc(C)c(OC(=O)c3ccc(OCCOc4ccc(B(O)O)cc4)cc3)c(C)c2C)cc1. The molecule has 0 fully saturated rings. The predicted molar refractivity (Wildman–Crippen MR) is 187 cm³/mol. The van der Waals surface area contributed by atoms with Crippen molar-refractivity contribution in [2.45, 2.75) is 33.6 Å². The number of aryl methyl sites for hydroxylation is 1. The van der Waals surface area contributed by atoms with E-state index in [1.54, 1.807) is 99.6 Å². The molecule has 12 heteroatoms. The third-order valence-electron chi connectivity index (χ3n) is 7.57. The standard InChI is InChI=1S/C38H39BO11/c1-5-35(40)48-21-7-6-20-45-31-14-8-28(9-15-31)37(41)49-34-24-25(2)36(27(4)26(34)3)50-38(42)29-10-16-32(17-11-29)46-22-23-47-33-18-12-30(13-19-33)39(43)44/h5,8-19,24,43-44H,1,6-7,20-23H2,2-4H3. The zero-order valence-electron chi connectivity index (χ0n) is 28.2. The summed E-state index contributed by atoms with van der Waals surface area (Å²) in [6, 6.07) is 21.2. The summed E-state index contributed by atoms with van der Waals surface area (Å²) in [5.41, 5.74) is 2.97. The summed E-state index contributed by atoms with van der Waals surface area (Å²) < 4.78 is 33.4. The minimum Gasteiger partial charge on any atom is -0.494 e. The average molecular weight is 683 g/mol. The van der Waals surface area contributed by atoms with Crippen molar-refractivity contribution in [3.63, 3.8) is 0 Å². The van der Waals surface area contributed by atoms with Crippen LogP contribution in [0.4, 0.5) is 0 Å². The Labute approximate surface area is 291 Å². The maximum Gasteiger partial charge on any atom is 0.488 e. The van der Waals surface area contributed by atoms with Crippen LogP contribution in [0.3, 0.4) is 0 Å². The van der Waals surface area contributed by atoms with Gasteiger partial charge in [-0.15, -0.1) is 0 Å². The molecule has 2 N–H and O–H groups in total. The van der Waals surface area contributed by atoms with Gasteiger partial charge >= 0.3 is 25.0 Å². The molecule has 0 aromatic heterocycles. The lowest BCUT2D eigenvalue weighted by molar-refractivity contribution is -0.137. The van der Waals surface area contributed by atoms with Crippen LogP contribution in [0.5, 0.6) is 28.7 Å². The van der Waals surface area contributed by atoms with Gasteiger partial charge in [0.1, 0.15) is 42.0 Å². The van der Waals surface area contributed by atoms with Crippen molar-refractivity contribution in [3.05, 3.63) is 119 Å². The van der Waals surface area contributed by atoms with E-state index in [4.69, 9.17) is 28.4 Å². The molecular formula is C38H39BO11. The van der Waals surface area contributed by atoms with Gasteiger partial charge in [0, 0.05) is 6.08 Å². The molecule has 4 aromatic rings. The van der Waals surface area contributed by atoms with Crippen molar-refractivity contribution in [1.82, 2.24) is 0 Å². The third kappa shape index (κ3) is 10.7. The largest absolute Gasteiger partial charge is 0.494 e. The maximum atomic E-state index is 13.0. The number of carbonyl (C=O) groups is 3. The Morgan fingerprint density at radius 1 is 0.660 bits per heavy atom. The molecule has 0 unspecified atom stereocenters. The van der Waals surface area contributed by atoms with E-state index >= 15 is 0 Å². The zero-order valence-corrected chi connectivity index (χ0v) is 28.2. The van der Waals surface area contributed by atoms with Gasteiger partial charge < -0.3 is 38.5 Å². The molecule has 0 atom stereocenters. The smallest absolute Gasteiger partial charge is 0.488 e. The summed E-state index contributed by atoms with van der Waals surface area (Å²) in [5.74, 6) is 0.893. The molecule has 0 spiro atoms. The first-order valence-electron chi connectivity index (χ1n) is 15.9. The van der Waals surface area contributed by atoms with E-state index in [-0.39, 0.29) is 13.2 Å². The molecule has 0 heterocycles. The molecule has 0 aliphatic carbocycles. The molecule has 50 heavy (non-hydrogen) atoms. The number of carbonyl (C=O) groups excluding carboxylic acids is 3. The highest BCUT2D eigenvalue weighted by molar-refractivity contribution is 6.58. The van der Waals surface area contributed by atoms with E-state index in [0.717, 1.165) is 6.08 Å². The molecule has 4 aromatic carbocycles. The van der Waals surface area contributed by atoms with E-state index in [9.17, 15) is 24.4 Å². The van der Waals surface area contributed by atoms with E-state index in [0.29, 0.717) is 88.1 Å². The molecule has 0 radical (unpaired) electrons. The van der Waals surface area contributed by atoms with Crippen LogP contribution in [-0.2, 0) is 9.53 Å². The Morgan fingerprint density at radius 2 is 1.14 bits per heavy atom. The fraction of sp³-hybridized carbons (Fsp3) is 0.237. The highest BCUT2D eigenvalue weighted by Gasteiger charge is 2.19. The third-order valence-corrected chi connectivity index (χ3v) is 7.57. The summed E-state index contributed by atoms with van der Waals surface area (Å²) in [7, 11) is -1.53. The number of hydrogen-bond acceptors (Lipinski definition) is 11. The molecule has 0 saturated heterocycles. The van der Waals surface area contributed by atoms with Crippen LogP contribution in [0.15, 0.2) is 91.5 Å². The molecule has 260 valence electrons. The van der Waals surface area contributed by atoms with Crippen LogP contribution in [0.2, 0.25) is 0 Å². The number of unbranched alkanes of at least 4 members (excludes halogenated alkanes) is 1. The van der Waals surface area contributed by atoms with Gasteiger partial charge in [0.2, 0.25) is 0 Å². The van der Waals surface area contributed by atoms with Gasteiger partial charge in [-0.2, -0.15) is 0 Å². The highest BCUT2D eigenvalue weighted by atomic mass is 16.5. The predicted octanol–water partition coefficient (Wildman–Crippen LogP) is 5.08. The first kappa shape index (κ1) is 37.2.